The molecular weight excluding hydrogens is 274 g/mol. The molecule has 0 spiro atoms. The SMILES string of the molecule is CC(=O)O[C@H](C)CCC/C=C/C=C/CCCc1ccccn1. The lowest BCUT2D eigenvalue weighted by Gasteiger charge is -2.10. The summed E-state index contributed by atoms with van der Waals surface area (Å²) in [6.07, 6.45) is 16.6. The van der Waals surface area contributed by atoms with Crippen LogP contribution < -0.4 is 0 Å². The molecule has 1 aromatic rings. The number of esters is 1. The Hall–Kier alpha value is -1.90. The first-order valence-corrected chi connectivity index (χ1v) is 8.07. The van der Waals surface area contributed by atoms with Gasteiger partial charge in [-0.15, -0.1) is 0 Å². The number of unbranched alkanes of at least 4 members (excludes halogenated alkanes) is 2. The molecule has 0 fully saturated rings. The fourth-order valence-corrected chi connectivity index (χ4v) is 2.16. The van der Waals surface area contributed by atoms with Crippen LogP contribution in [-0.4, -0.2) is 17.1 Å². The van der Waals surface area contributed by atoms with Crippen molar-refractivity contribution in [3.63, 3.8) is 0 Å². The summed E-state index contributed by atoms with van der Waals surface area (Å²) in [5, 5.41) is 0. The van der Waals surface area contributed by atoms with Gasteiger partial charge < -0.3 is 4.74 Å². The molecule has 3 heteroatoms. The Bertz CT molecular complexity index is 466. The normalized spacial score (nSPS) is 12.8. The van der Waals surface area contributed by atoms with E-state index in [-0.39, 0.29) is 12.1 Å². The van der Waals surface area contributed by atoms with Crippen LogP contribution in [0.4, 0.5) is 0 Å². The van der Waals surface area contributed by atoms with Crippen molar-refractivity contribution in [1.82, 2.24) is 4.98 Å². The van der Waals surface area contributed by atoms with Crippen LogP contribution in [0.15, 0.2) is 48.7 Å². The van der Waals surface area contributed by atoms with Gasteiger partial charge in [0.25, 0.3) is 0 Å². The quantitative estimate of drug-likeness (QED) is 0.359. The van der Waals surface area contributed by atoms with Crippen molar-refractivity contribution >= 4 is 5.97 Å². The summed E-state index contributed by atoms with van der Waals surface area (Å²) in [7, 11) is 0. The van der Waals surface area contributed by atoms with E-state index in [1.807, 2.05) is 25.3 Å². The molecule has 0 aliphatic rings. The van der Waals surface area contributed by atoms with Crippen LogP contribution in [0.3, 0.4) is 0 Å². The van der Waals surface area contributed by atoms with Crippen molar-refractivity contribution in [2.45, 2.75) is 58.5 Å². The summed E-state index contributed by atoms with van der Waals surface area (Å²) in [6.45, 7) is 3.39. The predicted octanol–water partition coefficient (Wildman–Crippen LogP) is 4.64. The summed E-state index contributed by atoms with van der Waals surface area (Å²) in [6, 6.07) is 6.05. The van der Waals surface area contributed by atoms with Crippen molar-refractivity contribution < 1.29 is 9.53 Å². The van der Waals surface area contributed by atoms with Gasteiger partial charge in [-0.2, -0.15) is 0 Å². The van der Waals surface area contributed by atoms with E-state index in [4.69, 9.17) is 4.74 Å². The minimum atomic E-state index is -0.198. The van der Waals surface area contributed by atoms with Crippen molar-refractivity contribution in [1.29, 1.82) is 0 Å². The smallest absolute Gasteiger partial charge is 0.302 e. The Kier molecular flexibility index (Phi) is 9.67. The van der Waals surface area contributed by atoms with Crippen LogP contribution in [-0.2, 0) is 16.0 Å². The maximum atomic E-state index is 10.8. The minimum Gasteiger partial charge on any atom is -0.463 e. The zero-order valence-electron chi connectivity index (χ0n) is 13.7. The monoisotopic (exact) mass is 301 g/mol. The van der Waals surface area contributed by atoms with Gasteiger partial charge in [-0.1, -0.05) is 30.4 Å². The minimum absolute atomic E-state index is 0.0213. The third kappa shape index (κ3) is 9.92. The number of nitrogens with zero attached hydrogens (tertiary/aromatic N) is 1. The second-order valence-electron chi connectivity index (χ2n) is 5.42. The zero-order valence-corrected chi connectivity index (χ0v) is 13.7. The van der Waals surface area contributed by atoms with Gasteiger partial charge in [0.15, 0.2) is 0 Å². The summed E-state index contributed by atoms with van der Waals surface area (Å²) in [5.41, 5.74) is 1.16. The number of pyridine rings is 1. The Labute approximate surface area is 134 Å². The Balaban J connectivity index is 2.00. The Morgan fingerprint density at radius 3 is 2.59 bits per heavy atom. The van der Waals surface area contributed by atoms with Gasteiger partial charge in [-0.05, 0) is 57.6 Å². The molecule has 0 unspecified atom stereocenters. The molecule has 0 saturated carbocycles. The van der Waals surface area contributed by atoms with Gasteiger partial charge in [-0.3, -0.25) is 9.78 Å². The van der Waals surface area contributed by atoms with Crippen LogP contribution in [0.1, 0.15) is 51.6 Å². The summed E-state index contributed by atoms with van der Waals surface area (Å²) >= 11 is 0. The molecule has 1 rings (SSSR count). The molecule has 0 aromatic carbocycles. The molecule has 0 aliphatic heterocycles. The number of aryl methyl sites for hydroxylation is 1. The molecule has 22 heavy (non-hydrogen) atoms. The van der Waals surface area contributed by atoms with Gasteiger partial charge in [0.1, 0.15) is 0 Å². The highest BCUT2D eigenvalue weighted by atomic mass is 16.5. The maximum Gasteiger partial charge on any atom is 0.302 e. The van der Waals surface area contributed by atoms with Crippen LogP contribution >= 0.6 is 0 Å². The molecule has 0 N–H and O–H groups in total. The summed E-state index contributed by atoms with van der Waals surface area (Å²) in [4.78, 5) is 15.1. The number of hydrogen-bond acceptors (Lipinski definition) is 3. The second kappa shape index (κ2) is 11.7. The van der Waals surface area contributed by atoms with Crippen LogP contribution in [0.25, 0.3) is 0 Å². The molecule has 0 amide bonds. The van der Waals surface area contributed by atoms with Crippen LogP contribution in [0.2, 0.25) is 0 Å². The number of rotatable bonds is 10. The first-order chi connectivity index (χ1) is 10.7. The molecule has 1 heterocycles. The van der Waals surface area contributed by atoms with Crippen molar-refractivity contribution in [2.75, 3.05) is 0 Å². The molecule has 0 aliphatic carbocycles. The highest BCUT2D eigenvalue weighted by Gasteiger charge is 2.03. The number of ether oxygens (including phenoxy) is 1. The molecular formula is C19H27NO2. The molecule has 1 aromatic heterocycles. The van der Waals surface area contributed by atoms with Crippen LogP contribution in [0, 0.1) is 0 Å². The Morgan fingerprint density at radius 1 is 1.23 bits per heavy atom. The topological polar surface area (TPSA) is 39.2 Å². The first-order valence-electron chi connectivity index (χ1n) is 8.07. The number of carbonyl (C=O) groups excluding carboxylic acids is 1. The lowest BCUT2D eigenvalue weighted by atomic mass is 10.1. The van der Waals surface area contributed by atoms with Gasteiger partial charge in [0.2, 0.25) is 0 Å². The highest BCUT2D eigenvalue weighted by Crippen LogP contribution is 2.06. The number of allylic oxidation sites excluding steroid dienone is 4. The fraction of sp³-hybridized carbons (Fsp3) is 0.474. The molecule has 1 atom stereocenters. The van der Waals surface area contributed by atoms with E-state index in [9.17, 15) is 4.79 Å². The van der Waals surface area contributed by atoms with E-state index < -0.39 is 0 Å². The number of hydrogen-bond donors (Lipinski definition) is 0. The standard InChI is InChI=1S/C19H27NO2/c1-17(22-18(2)21)13-9-7-5-3-4-6-8-10-14-19-15-11-12-16-20-19/h3-6,11-12,15-17H,7-10,13-14H2,1-2H3/b5-3+,6-4+/t17-/m1/s1. The number of carbonyl (C=O) groups is 1. The maximum absolute atomic E-state index is 10.8. The molecule has 120 valence electrons. The van der Waals surface area contributed by atoms with Gasteiger partial charge >= 0.3 is 5.97 Å². The van der Waals surface area contributed by atoms with E-state index in [1.165, 1.54) is 6.92 Å². The summed E-state index contributed by atoms with van der Waals surface area (Å²) < 4.78 is 5.08. The summed E-state index contributed by atoms with van der Waals surface area (Å²) in [5.74, 6) is -0.198. The fourth-order valence-electron chi connectivity index (χ4n) is 2.16. The van der Waals surface area contributed by atoms with Crippen molar-refractivity contribution in [3.05, 3.63) is 54.4 Å². The van der Waals surface area contributed by atoms with Gasteiger partial charge in [-0.25, -0.2) is 0 Å². The first kappa shape index (κ1) is 18.1. The molecule has 0 bridgehead atoms. The second-order valence-corrected chi connectivity index (χ2v) is 5.42. The van der Waals surface area contributed by atoms with E-state index in [0.29, 0.717) is 0 Å². The van der Waals surface area contributed by atoms with Crippen LogP contribution in [0.5, 0.6) is 0 Å². The molecule has 3 nitrogen and oxygen atoms in total. The van der Waals surface area contributed by atoms with E-state index in [1.54, 1.807) is 0 Å². The lowest BCUT2D eigenvalue weighted by molar-refractivity contribution is -0.145. The van der Waals surface area contributed by atoms with E-state index >= 15 is 0 Å². The predicted molar refractivity (Wildman–Crippen MR) is 90.5 cm³/mol. The average molecular weight is 301 g/mol. The molecule has 0 radical (unpaired) electrons. The molecule has 0 saturated heterocycles. The third-order valence-electron chi connectivity index (χ3n) is 3.26. The Morgan fingerprint density at radius 2 is 1.95 bits per heavy atom. The largest absolute Gasteiger partial charge is 0.463 e. The third-order valence-corrected chi connectivity index (χ3v) is 3.26. The zero-order chi connectivity index (χ0) is 16.0. The van der Waals surface area contributed by atoms with E-state index in [2.05, 4.69) is 35.4 Å². The highest BCUT2D eigenvalue weighted by molar-refractivity contribution is 5.66. The van der Waals surface area contributed by atoms with Gasteiger partial charge in [0, 0.05) is 18.8 Å². The van der Waals surface area contributed by atoms with Gasteiger partial charge in [0.05, 0.1) is 6.10 Å². The van der Waals surface area contributed by atoms with Crippen molar-refractivity contribution in [2.24, 2.45) is 0 Å². The number of aromatic nitrogens is 1. The van der Waals surface area contributed by atoms with Crippen molar-refractivity contribution in [3.8, 4) is 0 Å². The van der Waals surface area contributed by atoms with E-state index in [0.717, 1.165) is 44.2 Å². The average Bonchev–Trinajstić information content (AvgIpc) is 2.49. The lowest BCUT2D eigenvalue weighted by Crippen LogP contribution is -2.11.